The zero-order valence-electron chi connectivity index (χ0n) is 10.6. The van der Waals surface area contributed by atoms with E-state index >= 15 is 0 Å². The molecule has 1 saturated carbocycles. The van der Waals surface area contributed by atoms with Crippen molar-refractivity contribution in [3.8, 4) is 0 Å². The third-order valence-electron chi connectivity index (χ3n) is 3.86. The summed E-state index contributed by atoms with van der Waals surface area (Å²) >= 11 is 0. The molecule has 19 heavy (non-hydrogen) atoms. The van der Waals surface area contributed by atoms with Crippen molar-refractivity contribution >= 4 is 11.8 Å². The Hall–Kier alpha value is -1.92. The summed E-state index contributed by atoms with van der Waals surface area (Å²) in [5.41, 5.74) is -0.697. The number of carbonyl (C=O) groups excluding carboxylic acids is 2. The third-order valence-corrected chi connectivity index (χ3v) is 3.86. The highest BCUT2D eigenvalue weighted by Crippen LogP contribution is 2.32. The number of aromatic nitrogens is 2. The van der Waals surface area contributed by atoms with Crippen LogP contribution in [0.2, 0.25) is 0 Å². The first-order valence-electron chi connectivity index (χ1n) is 6.55. The highest BCUT2D eigenvalue weighted by molar-refractivity contribution is 5.98. The monoisotopic (exact) mass is 264 g/mol. The van der Waals surface area contributed by atoms with Crippen LogP contribution in [0.3, 0.4) is 0 Å². The second kappa shape index (κ2) is 4.64. The fourth-order valence-corrected chi connectivity index (χ4v) is 2.96. The van der Waals surface area contributed by atoms with Crippen molar-refractivity contribution in [1.29, 1.82) is 0 Å². The number of hydrogen-bond donors (Lipinski definition) is 1. The molecule has 1 N–H and O–H groups in total. The molecule has 2 fully saturated rings. The maximum atomic E-state index is 12.6. The number of rotatable bonds is 2. The summed E-state index contributed by atoms with van der Waals surface area (Å²) in [6.07, 6.45) is 5.74. The maximum Gasteiger partial charge on any atom is 0.249 e. The van der Waals surface area contributed by atoms with Gasteiger partial charge in [-0.3, -0.25) is 9.59 Å². The summed E-state index contributed by atoms with van der Waals surface area (Å²) < 4.78 is 4.66. The molecule has 0 radical (unpaired) electrons. The summed E-state index contributed by atoms with van der Waals surface area (Å²) in [6, 6.07) is 0. The van der Waals surface area contributed by atoms with Crippen molar-refractivity contribution in [2.45, 2.75) is 44.2 Å². The molecule has 1 aromatic heterocycles. The van der Waals surface area contributed by atoms with Gasteiger partial charge in [-0.05, 0) is 12.8 Å². The molecular formula is C12H16N4O3. The minimum atomic E-state index is -0.697. The smallest absolute Gasteiger partial charge is 0.249 e. The van der Waals surface area contributed by atoms with Crippen molar-refractivity contribution in [2.75, 3.05) is 6.54 Å². The van der Waals surface area contributed by atoms with E-state index in [2.05, 4.69) is 20.0 Å². The van der Waals surface area contributed by atoms with Crippen molar-refractivity contribution in [3.63, 3.8) is 0 Å². The Morgan fingerprint density at radius 3 is 2.79 bits per heavy atom. The van der Waals surface area contributed by atoms with Gasteiger partial charge in [-0.25, -0.2) is 0 Å². The van der Waals surface area contributed by atoms with E-state index in [1.807, 2.05) is 0 Å². The Morgan fingerprint density at radius 1 is 1.32 bits per heavy atom. The van der Waals surface area contributed by atoms with E-state index in [4.69, 9.17) is 0 Å². The molecule has 2 heterocycles. The van der Waals surface area contributed by atoms with E-state index in [-0.39, 0.29) is 24.9 Å². The van der Waals surface area contributed by atoms with Gasteiger partial charge in [0.25, 0.3) is 0 Å². The highest BCUT2D eigenvalue weighted by atomic mass is 16.5. The normalized spacial score (nSPS) is 22.6. The Labute approximate surface area is 110 Å². The van der Waals surface area contributed by atoms with E-state index in [0.717, 1.165) is 32.1 Å². The molecule has 0 unspecified atom stereocenters. The number of nitrogens with one attached hydrogen (secondary N) is 1. The van der Waals surface area contributed by atoms with E-state index in [1.165, 1.54) is 11.3 Å². The predicted molar refractivity (Wildman–Crippen MR) is 63.7 cm³/mol. The maximum absolute atomic E-state index is 12.6. The van der Waals surface area contributed by atoms with Crippen molar-refractivity contribution in [1.82, 2.24) is 20.4 Å². The van der Waals surface area contributed by atoms with E-state index in [0.29, 0.717) is 5.82 Å². The van der Waals surface area contributed by atoms with Crippen LogP contribution in [0, 0.1) is 0 Å². The Kier molecular flexibility index (Phi) is 2.96. The SMILES string of the molecule is O=C1CN(Cc2ncon2)C(=O)C2(CCCCC2)N1. The van der Waals surface area contributed by atoms with Crippen LogP contribution in [-0.2, 0) is 16.1 Å². The Bertz CT molecular complexity index is 479. The van der Waals surface area contributed by atoms with Gasteiger partial charge in [-0.2, -0.15) is 4.98 Å². The van der Waals surface area contributed by atoms with Gasteiger partial charge in [0.15, 0.2) is 5.82 Å². The first-order valence-corrected chi connectivity index (χ1v) is 6.55. The van der Waals surface area contributed by atoms with Crippen LogP contribution in [0.25, 0.3) is 0 Å². The van der Waals surface area contributed by atoms with Crippen LogP contribution in [-0.4, -0.2) is 38.9 Å². The van der Waals surface area contributed by atoms with E-state index < -0.39 is 5.54 Å². The fourth-order valence-electron chi connectivity index (χ4n) is 2.96. The Balaban J connectivity index is 1.80. The Morgan fingerprint density at radius 2 is 2.11 bits per heavy atom. The topological polar surface area (TPSA) is 88.3 Å². The lowest BCUT2D eigenvalue weighted by Crippen LogP contribution is -2.66. The van der Waals surface area contributed by atoms with Gasteiger partial charge in [0.2, 0.25) is 18.2 Å². The number of hydrogen-bond acceptors (Lipinski definition) is 5. The molecule has 0 aromatic carbocycles. The summed E-state index contributed by atoms with van der Waals surface area (Å²) in [7, 11) is 0. The summed E-state index contributed by atoms with van der Waals surface area (Å²) in [5, 5.41) is 6.59. The van der Waals surface area contributed by atoms with Crippen LogP contribution in [0.4, 0.5) is 0 Å². The number of nitrogens with zero attached hydrogens (tertiary/aromatic N) is 3. The van der Waals surface area contributed by atoms with Crippen molar-refractivity contribution < 1.29 is 14.1 Å². The van der Waals surface area contributed by atoms with Gasteiger partial charge < -0.3 is 14.7 Å². The minimum Gasteiger partial charge on any atom is -0.343 e. The molecule has 102 valence electrons. The molecule has 0 bridgehead atoms. The zero-order valence-corrected chi connectivity index (χ0v) is 10.6. The minimum absolute atomic E-state index is 0.0170. The molecule has 1 aliphatic carbocycles. The lowest BCUT2D eigenvalue weighted by molar-refractivity contribution is -0.152. The van der Waals surface area contributed by atoms with Crippen LogP contribution < -0.4 is 5.32 Å². The van der Waals surface area contributed by atoms with E-state index in [1.54, 1.807) is 0 Å². The number of amides is 2. The molecule has 7 heteroatoms. The third kappa shape index (κ3) is 2.20. The molecule has 1 aromatic rings. The molecule has 3 rings (SSSR count). The molecule has 1 spiro atoms. The molecule has 0 atom stereocenters. The largest absolute Gasteiger partial charge is 0.343 e. The lowest BCUT2D eigenvalue weighted by atomic mass is 9.79. The molecule has 1 aliphatic heterocycles. The second-order valence-corrected chi connectivity index (χ2v) is 5.20. The van der Waals surface area contributed by atoms with Gasteiger partial charge in [0, 0.05) is 0 Å². The van der Waals surface area contributed by atoms with Gasteiger partial charge in [0.05, 0.1) is 6.54 Å². The molecule has 2 amide bonds. The molecule has 7 nitrogen and oxygen atoms in total. The van der Waals surface area contributed by atoms with Crippen LogP contribution in [0.15, 0.2) is 10.9 Å². The standard InChI is InChI=1S/C12H16N4O3/c17-10-7-16(6-9-13-8-19-15-9)11(18)12(14-10)4-2-1-3-5-12/h8H,1-7H2,(H,14,17). The lowest BCUT2D eigenvalue weighted by Gasteiger charge is -2.43. The molecule has 1 saturated heterocycles. The number of carbonyl (C=O) groups is 2. The average molecular weight is 264 g/mol. The van der Waals surface area contributed by atoms with E-state index in [9.17, 15) is 9.59 Å². The predicted octanol–water partition coefficient (Wildman–Crippen LogP) is 0.231. The van der Waals surface area contributed by atoms with Gasteiger partial charge in [-0.1, -0.05) is 24.4 Å². The summed E-state index contributed by atoms with van der Waals surface area (Å²) in [5.74, 6) is 0.301. The fraction of sp³-hybridized carbons (Fsp3) is 0.667. The average Bonchev–Trinajstić information content (AvgIpc) is 2.89. The van der Waals surface area contributed by atoms with Gasteiger partial charge in [0.1, 0.15) is 12.1 Å². The van der Waals surface area contributed by atoms with Crippen LogP contribution in [0.5, 0.6) is 0 Å². The summed E-state index contributed by atoms with van der Waals surface area (Å²) in [6.45, 7) is 0.291. The van der Waals surface area contributed by atoms with Crippen LogP contribution >= 0.6 is 0 Å². The highest BCUT2D eigenvalue weighted by Gasteiger charge is 2.47. The van der Waals surface area contributed by atoms with Crippen molar-refractivity contribution in [2.24, 2.45) is 0 Å². The van der Waals surface area contributed by atoms with Crippen LogP contribution in [0.1, 0.15) is 37.9 Å². The summed E-state index contributed by atoms with van der Waals surface area (Å²) in [4.78, 5) is 29.9. The number of piperazine rings is 1. The first-order chi connectivity index (χ1) is 9.20. The van der Waals surface area contributed by atoms with Gasteiger partial charge >= 0.3 is 0 Å². The quantitative estimate of drug-likeness (QED) is 0.826. The van der Waals surface area contributed by atoms with Gasteiger partial charge in [-0.15, -0.1) is 0 Å². The van der Waals surface area contributed by atoms with Crippen molar-refractivity contribution in [3.05, 3.63) is 12.2 Å². The second-order valence-electron chi connectivity index (χ2n) is 5.20. The molecule has 2 aliphatic rings. The molecular weight excluding hydrogens is 248 g/mol. The first kappa shape index (κ1) is 12.1. The zero-order chi connectivity index (χ0) is 13.3.